The summed E-state index contributed by atoms with van der Waals surface area (Å²) >= 11 is 2.75. The van der Waals surface area contributed by atoms with E-state index in [1.165, 1.54) is 23.1 Å². The number of phenols is 1. The summed E-state index contributed by atoms with van der Waals surface area (Å²) in [6.45, 7) is 4.11. The summed E-state index contributed by atoms with van der Waals surface area (Å²) in [4.78, 5) is 24.2. The molecule has 1 aliphatic rings. The molecule has 0 atom stereocenters. The van der Waals surface area contributed by atoms with Gasteiger partial charge in [0.1, 0.15) is 5.75 Å². The third-order valence-electron chi connectivity index (χ3n) is 4.14. The average molecular weight is 420 g/mol. The molecule has 29 heavy (non-hydrogen) atoms. The Kier molecular flexibility index (Phi) is 5.59. The second-order valence-electron chi connectivity index (χ2n) is 6.18. The van der Waals surface area contributed by atoms with E-state index in [2.05, 4.69) is 16.6 Å². The number of amidine groups is 1. The molecule has 1 aliphatic heterocycles. The maximum atomic E-state index is 12.8. The molecule has 0 aliphatic carbocycles. The van der Waals surface area contributed by atoms with E-state index in [0.717, 1.165) is 16.8 Å². The van der Waals surface area contributed by atoms with Gasteiger partial charge in [-0.3, -0.25) is 9.69 Å². The minimum Gasteiger partial charge on any atom is -0.508 e. The van der Waals surface area contributed by atoms with Gasteiger partial charge in [-0.25, -0.2) is 4.98 Å². The fraction of sp³-hybridized carbons (Fsp3) is 0.0455. The van der Waals surface area contributed by atoms with Crippen molar-refractivity contribution in [1.29, 1.82) is 0 Å². The van der Waals surface area contributed by atoms with E-state index >= 15 is 0 Å². The summed E-state index contributed by atoms with van der Waals surface area (Å²) in [6.07, 6.45) is 3.47. The van der Waals surface area contributed by atoms with Crippen LogP contribution in [0.2, 0.25) is 0 Å². The van der Waals surface area contributed by atoms with E-state index in [0.29, 0.717) is 21.7 Å². The molecule has 4 rings (SSSR count). The third kappa shape index (κ3) is 4.31. The number of aliphatic imine (C=N–C) groups is 1. The smallest absolute Gasteiger partial charge is 0.267 e. The number of benzene rings is 2. The van der Waals surface area contributed by atoms with Crippen molar-refractivity contribution in [3.8, 4) is 17.0 Å². The van der Waals surface area contributed by atoms with Crippen LogP contribution in [0, 0.1) is 0 Å². The molecule has 1 saturated heterocycles. The maximum absolute atomic E-state index is 12.8. The number of hydrogen-bond acceptors (Lipinski definition) is 6. The fourth-order valence-corrected chi connectivity index (χ4v) is 4.49. The lowest BCUT2D eigenvalue weighted by Gasteiger charge is -2.11. The molecule has 1 N–H and O–H groups in total. The standard InChI is InChI=1S/C22H17N3O2S2/c1-2-12-25-20(27)19(13-15-8-10-17(26)11-9-15)29-22(25)24-21-23-18(14-28-21)16-6-4-3-5-7-16/h2-11,13-14,26H,1,12H2/b19-13-,24-22+. The number of nitrogens with zero attached hydrogens (tertiary/aromatic N) is 3. The third-order valence-corrected chi connectivity index (χ3v) is 5.88. The lowest BCUT2D eigenvalue weighted by atomic mass is 10.2. The van der Waals surface area contributed by atoms with Gasteiger partial charge in [-0.05, 0) is 35.5 Å². The zero-order valence-electron chi connectivity index (χ0n) is 15.4. The Balaban J connectivity index is 1.63. The number of phenolic OH excluding ortho intramolecular Hbond substituents is 1. The van der Waals surface area contributed by atoms with Crippen LogP contribution < -0.4 is 0 Å². The number of thiazole rings is 1. The molecular weight excluding hydrogens is 402 g/mol. The highest BCUT2D eigenvalue weighted by molar-refractivity contribution is 8.18. The lowest BCUT2D eigenvalue weighted by molar-refractivity contribution is -0.121. The first-order valence-electron chi connectivity index (χ1n) is 8.85. The highest BCUT2D eigenvalue weighted by atomic mass is 32.2. The van der Waals surface area contributed by atoms with Crippen molar-refractivity contribution < 1.29 is 9.90 Å². The summed E-state index contributed by atoms with van der Waals surface area (Å²) in [6, 6.07) is 16.6. The van der Waals surface area contributed by atoms with E-state index in [4.69, 9.17) is 0 Å². The Morgan fingerprint density at radius 3 is 2.62 bits per heavy atom. The minimum absolute atomic E-state index is 0.124. The Bertz CT molecular complexity index is 1100. The van der Waals surface area contributed by atoms with Crippen LogP contribution >= 0.6 is 23.1 Å². The van der Waals surface area contributed by atoms with Crippen LogP contribution in [0.3, 0.4) is 0 Å². The molecular formula is C22H17N3O2S2. The predicted octanol–water partition coefficient (Wildman–Crippen LogP) is 5.31. The van der Waals surface area contributed by atoms with Crippen molar-refractivity contribution in [3.63, 3.8) is 0 Å². The molecule has 0 radical (unpaired) electrons. The number of rotatable bonds is 5. The molecule has 2 aromatic carbocycles. The summed E-state index contributed by atoms with van der Waals surface area (Å²) in [5, 5.41) is 12.6. The van der Waals surface area contributed by atoms with Crippen molar-refractivity contribution in [2.45, 2.75) is 0 Å². The first-order valence-corrected chi connectivity index (χ1v) is 10.5. The van der Waals surface area contributed by atoms with Gasteiger partial charge in [-0.15, -0.1) is 17.9 Å². The van der Waals surface area contributed by atoms with Crippen LogP contribution in [0.15, 0.2) is 82.5 Å². The normalized spacial score (nSPS) is 16.7. The average Bonchev–Trinajstić information content (AvgIpc) is 3.31. The van der Waals surface area contributed by atoms with Crippen molar-refractivity contribution in [2.75, 3.05) is 6.54 Å². The second kappa shape index (κ2) is 8.46. The summed E-state index contributed by atoms with van der Waals surface area (Å²) in [5.74, 6) is 0.0626. The predicted molar refractivity (Wildman–Crippen MR) is 120 cm³/mol. The molecule has 2 heterocycles. The van der Waals surface area contributed by atoms with E-state index < -0.39 is 0 Å². The first-order chi connectivity index (χ1) is 14.1. The van der Waals surface area contributed by atoms with Gasteiger partial charge in [0.2, 0.25) is 5.13 Å². The minimum atomic E-state index is -0.124. The number of carbonyl (C=O) groups excluding carboxylic acids is 1. The van der Waals surface area contributed by atoms with E-state index in [-0.39, 0.29) is 11.7 Å². The number of thioether (sulfide) groups is 1. The van der Waals surface area contributed by atoms with E-state index in [1.807, 2.05) is 35.7 Å². The van der Waals surface area contributed by atoms with Gasteiger partial charge in [0.15, 0.2) is 5.17 Å². The number of aromatic hydroxyl groups is 1. The van der Waals surface area contributed by atoms with Crippen LogP contribution in [0.5, 0.6) is 5.75 Å². The first kappa shape index (κ1) is 19.2. The Morgan fingerprint density at radius 1 is 1.14 bits per heavy atom. The van der Waals surface area contributed by atoms with Crippen LogP contribution in [0.1, 0.15) is 5.56 Å². The zero-order valence-corrected chi connectivity index (χ0v) is 17.0. The second-order valence-corrected chi connectivity index (χ2v) is 8.03. The number of aromatic nitrogens is 1. The van der Waals surface area contributed by atoms with E-state index in [1.54, 1.807) is 41.3 Å². The van der Waals surface area contributed by atoms with Gasteiger partial charge in [0.25, 0.3) is 5.91 Å². The largest absolute Gasteiger partial charge is 0.508 e. The van der Waals surface area contributed by atoms with Gasteiger partial charge in [0.05, 0.1) is 10.6 Å². The fourth-order valence-electron chi connectivity index (χ4n) is 2.74. The van der Waals surface area contributed by atoms with Crippen LogP contribution in [-0.4, -0.2) is 32.6 Å². The molecule has 1 fully saturated rings. The summed E-state index contributed by atoms with van der Waals surface area (Å²) in [5.41, 5.74) is 2.72. The van der Waals surface area contributed by atoms with E-state index in [9.17, 15) is 9.90 Å². The highest BCUT2D eigenvalue weighted by Crippen LogP contribution is 2.35. The SMILES string of the molecule is C=CCN1C(=O)/C(=C/c2ccc(O)cc2)S/C1=N/c1nc(-c2ccccc2)cs1. The van der Waals surface area contributed by atoms with Gasteiger partial charge in [-0.2, -0.15) is 4.99 Å². The van der Waals surface area contributed by atoms with Crippen molar-refractivity contribution in [1.82, 2.24) is 9.88 Å². The number of hydrogen-bond donors (Lipinski definition) is 1. The molecule has 0 saturated carbocycles. The molecule has 0 bridgehead atoms. The zero-order chi connectivity index (χ0) is 20.2. The van der Waals surface area contributed by atoms with Gasteiger partial charge in [-0.1, -0.05) is 48.5 Å². The maximum Gasteiger partial charge on any atom is 0.267 e. The topological polar surface area (TPSA) is 65.8 Å². The quantitative estimate of drug-likeness (QED) is 0.450. The van der Waals surface area contributed by atoms with Gasteiger partial charge < -0.3 is 5.11 Å². The van der Waals surface area contributed by atoms with Gasteiger partial charge in [0, 0.05) is 17.5 Å². The van der Waals surface area contributed by atoms with Gasteiger partial charge >= 0.3 is 0 Å². The molecule has 1 aromatic heterocycles. The Labute approximate surface area is 176 Å². The molecule has 7 heteroatoms. The molecule has 0 unspecified atom stereocenters. The molecule has 0 spiro atoms. The van der Waals surface area contributed by atoms with Crippen LogP contribution in [0.25, 0.3) is 17.3 Å². The van der Waals surface area contributed by atoms with Crippen molar-refractivity contribution in [3.05, 3.63) is 83.1 Å². The Morgan fingerprint density at radius 2 is 1.90 bits per heavy atom. The summed E-state index contributed by atoms with van der Waals surface area (Å²) in [7, 11) is 0. The molecule has 1 amide bonds. The van der Waals surface area contributed by atoms with Crippen LogP contribution in [-0.2, 0) is 4.79 Å². The molecule has 5 nitrogen and oxygen atoms in total. The number of amides is 1. The highest BCUT2D eigenvalue weighted by Gasteiger charge is 2.32. The Hall–Kier alpha value is -3.16. The summed E-state index contributed by atoms with van der Waals surface area (Å²) < 4.78 is 0. The van der Waals surface area contributed by atoms with Crippen molar-refractivity contribution in [2.24, 2.45) is 4.99 Å². The van der Waals surface area contributed by atoms with Crippen LogP contribution in [0.4, 0.5) is 5.13 Å². The molecule has 144 valence electrons. The van der Waals surface area contributed by atoms with Crippen molar-refractivity contribution >= 4 is 45.4 Å². The monoisotopic (exact) mass is 419 g/mol. The number of carbonyl (C=O) groups is 1. The lowest BCUT2D eigenvalue weighted by Crippen LogP contribution is -2.29. The molecule has 3 aromatic rings.